The van der Waals surface area contributed by atoms with Crippen LogP contribution in [0.1, 0.15) is 50.4 Å². The number of carboxylic acid groups (broad SMARTS) is 1. The van der Waals surface area contributed by atoms with E-state index in [0.29, 0.717) is 24.1 Å². The molecule has 1 aromatic rings. The fourth-order valence-electron chi connectivity index (χ4n) is 2.78. The Kier molecular flexibility index (Phi) is 6.18. The minimum absolute atomic E-state index is 0.168. The van der Waals surface area contributed by atoms with Crippen molar-refractivity contribution < 1.29 is 19.5 Å². The van der Waals surface area contributed by atoms with Gasteiger partial charge in [-0.2, -0.15) is 0 Å². The molecule has 6 heteroatoms. The zero-order chi connectivity index (χ0) is 19.3. The topological polar surface area (TPSA) is 95.5 Å². The van der Waals surface area contributed by atoms with E-state index in [4.69, 9.17) is 0 Å². The molecule has 3 N–H and O–H groups in total. The van der Waals surface area contributed by atoms with E-state index in [9.17, 15) is 19.5 Å². The second-order valence-electron chi connectivity index (χ2n) is 7.25. The van der Waals surface area contributed by atoms with E-state index >= 15 is 0 Å². The van der Waals surface area contributed by atoms with Crippen LogP contribution < -0.4 is 10.6 Å². The van der Waals surface area contributed by atoms with Gasteiger partial charge in [-0.15, -0.1) is 0 Å². The number of rotatable bonds is 6. The van der Waals surface area contributed by atoms with Gasteiger partial charge in [-0.1, -0.05) is 19.1 Å². The summed E-state index contributed by atoms with van der Waals surface area (Å²) in [5.74, 6) is -2.74. The first-order valence-corrected chi connectivity index (χ1v) is 8.85. The number of allylic oxidation sites excluding steroid dienone is 2. The van der Waals surface area contributed by atoms with Crippen molar-refractivity contribution in [2.24, 2.45) is 11.8 Å². The van der Waals surface area contributed by atoms with Gasteiger partial charge in [0.15, 0.2) is 0 Å². The summed E-state index contributed by atoms with van der Waals surface area (Å²) in [7, 11) is 0. The van der Waals surface area contributed by atoms with E-state index in [2.05, 4.69) is 10.6 Å². The summed E-state index contributed by atoms with van der Waals surface area (Å²) >= 11 is 0. The summed E-state index contributed by atoms with van der Waals surface area (Å²) in [6.45, 7) is 5.91. The van der Waals surface area contributed by atoms with Crippen molar-refractivity contribution in [2.45, 2.75) is 45.6 Å². The molecular weight excluding hydrogens is 332 g/mol. The Hall–Kier alpha value is -2.63. The highest BCUT2D eigenvalue weighted by molar-refractivity contribution is 5.97. The van der Waals surface area contributed by atoms with Crippen LogP contribution >= 0.6 is 0 Å². The van der Waals surface area contributed by atoms with Gasteiger partial charge in [-0.3, -0.25) is 14.4 Å². The van der Waals surface area contributed by atoms with Gasteiger partial charge in [0.25, 0.3) is 5.91 Å². The van der Waals surface area contributed by atoms with Crippen molar-refractivity contribution in [3.63, 3.8) is 0 Å². The summed E-state index contributed by atoms with van der Waals surface area (Å²) in [6.07, 6.45) is 5.23. The van der Waals surface area contributed by atoms with Crippen LogP contribution in [0, 0.1) is 11.8 Å². The standard InChI is InChI=1S/C20H26N2O4/c1-4-20(2,3)22-17(23)13-9-11-14(12-10-13)21-18(24)15-7-5-6-8-16(15)19(25)26/h5-6,9-12,15-16H,4,7-8H2,1-3H3,(H,21,24)(H,22,23)(H,25,26)/t15-,16-/m0/s1. The van der Waals surface area contributed by atoms with Gasteiger partial charge >= 0.3 is 5.97 Å². The van der Waals surface area contributed by atoms with E-state index < -0.39 is 17.8 Å². The first-order chi connectivity index (χ1) is 12.2. The monoisotopic (exact) mass is 358 g/mol. The maximum Gasteiger partial charge on any atom is 0.307 e. The van der Waals surface area contributed by atoms with Gasteiger partial charge in [-0.25, -0.2) is 0 Å². The second kappa shape index (κ2) is 8.17. The van der Waals surface area contributed by atoms with Crippen LogP contribution in [-0.4, -0.2) is 28.4 Å². The van der Waals surface area contributed by atoms with E-state index in [1.165, 1.54) is 0 Å². The third-order valence-corrected chi connectivity index (χ3v) is 4.84. The lowest BCUT2D eigenvalue weighted by molar-refractivity contribution is -0.146. The summed E-state index contributed by atoms with van der Waals surface area (Å²) in [4.78, 5) is 36.0. The van der Waals surface area contributed by atoms with E-state index in [0.717, 1.165) is 6.42 Å². The van der Waals surface area contributed by atoms with Crippen LogP contribution in [0.3, 0.4) is 0 Å². The predicted molar refractivity (Wildman–Crippen MR) is 99.9 cm³/mol. The summed E-state index contributed by atoms with van der Waals surface area (Å²) in [6, 6.07) is 6.60. The molecule has 2 rings (SSSR count). The van der Waals surface area contributed by atoms with Crippen molar-refractivity contribution in [2.75, 3.05) is 5.32 Å². The Morgan fingerprint density at radius 1 is 1.08 bits per heavy atom. The number of hydrogen-bond acceptors (Lipinski definition) is 3. The molecule has 2 amide bonds. The minimum Gasteiger partial charge on any atom is -0.481 e. The first kappa shape index (κ1) is 19.7. The largest absolute Gasteiger partial charge is 0.481 e. The van der Waals surface area contributed by atoms with Gasteiger partial charge in [0.1, 0.15) is 0 Å². The highest BCUT2D eigenvalue weighted by atomic mass is 16.4. The number of carbonyl (C=O) groups excluding carboxylic acids is 2. The maximum absolute atomic E-state index is 12.4. The van der Waals surface area contributed by atoms with Gasteiger partial charge in [0.05, 0.1) is 11.8 Å². The number of carbonyl (C=O) groups is 3. The smallest absolute Gasteiger partial charge is 0.307 e. The van der Waals surface area contributed by atoms with Crippen molar-refractivity contribution >= 4 is 23.5 Å². The van der Waals surface area contributed by atoms with Gasteiger partial charge in [0, 0.05) is 16.8 Å². The van der Waals surface area contributed by atoms with Crippen LogP contribution in [0.5, 0.6) is 0 Å². The molecule has 0 saturated carbocycles. The number of anilines is 1. The molecule has 1 aromatic carbocycles. The molecule has 0 heterocycles. The number of benzene rings is 1. The lowest BCUT2D eigenvalue weighted by atomic mass is 9.82. The van der Waals surface area contributed by atoms with Crippen molar-refractivity contribution in [3.05, 3.63) is 42.0 Å². The minimum atomic E-state index is -0.958. The molecule has 0 aliphatic heterocycles. The van der Waals surface area contributed by atoms with Crippen molar-refractivity contribution in [1.29, 1.82) is 0 Å². The van der Waals surface area contributed by atoms with Gasteiger partial charge in [-0.05, 0) is 57.4 Å². The lowest BCUT2D eigenvalue weighted by Gasteiger charge is -2.25. The molecule has 0 fully saturated rings. The molecule has 0 spiro atoms. The fourth-order valence-corrected chi connectivity index (χ4v) is 2.78. The van der Waals surface area contributed by atoms with E-state index in [-0.39, 0.29) is 17.4 Å². The number of hydrogen-bond donors (Lipinski definition) is 3. The average Bonchev–Trinajstić information content (AvgIpc) is 2.61. The van der Waals surface area contributed by atoms with Crippen LogP contribution in [0.15, 0.2) is 36.4 Å². The van der Waals surface area contributed by atoms with Crippen molar-refractivity contribution in [3.8, 4) is 0 Å². The quantitative estimate of drug-likeness (QED) is 0.681. The fraction of sp³-hybridized carbons (Fsp3) is 0.450. The molecule has 2 atom stereocenters. The summed E-state index contributed by atoms with van der Waals surface area (Å²) in [5.41, 5.74) is 0.762. The molecule has 0 aromatic heterocycles. The van der Waals surface area contributed by atoms with Crippen molar-refractivity contribution in [1.82, 2.24) is 5.32 Å². The highest BCUT2D eigenvalue weighted by Crippen LogP contribution is 2.27. The zero-order valence-corrected chi connectivity index (χ0v) is 15.4. The molecule has 26 heavy (non-hydrogen) atoms. The Labute approximate surface area is 153 Å². The lowest BCUT2D eigenvalue weighted by Crippen LogP contribution is -2.42. The van der Waals surface area contributed by atoms with E-state index in [1.807, 2.05) is 26.8 Å². The molecular formula is C20H26N2O4. The Balaban J connectivity index is 2.02. The Bertz CT molecular complexity index is 707. The zero-order valence-electron chi connectivity index (χ0n) is 15.4. The molecule has 0 radical (unpaired) electrons. The maximum atomic E-state index is 12.4. The van der Waals surface area contributed by atoms with Crippen LogP contribution in [0.25, 0.3) is 0 Å². The van der Waals surface area contributed by atoms with Crippen LogP contribution in [0.2, 0.25) is 0 Å². The SMILES string of the molecule is CCC(C)(C)NC(=O)c1ccc(NC(=O)[C@H]2CC=CC[C@@H]2C(=O)O)cc1. The normalized spacial score (nSPS) is 19.7. The summed E-state index contributed by atoms with van der Waals surface area (Å²) < 4.78 is 0. The Morgan fingerprint density at radius 2 is 1.65 bits per heavy atom. The third kappa shape index (κ3) is 4.94. The predicted octanol–water partition coefficient (Wildman–Crippen LogP) is 3.21. The molecule has 0 bridgehead atoms. The van der Waals surface area contributed by atoms with Crippen LogP contribution in [-0.2, 0) is 9.59 Å². The second-order valence-corrected chi connectivity index (χ2v) is 7.25. The molecule has 140 valence electrons. The average molecular weight is 358 g/mol. The first-order valence-electron chi connectivity index (χ1n) is 8.85. The molecule has 0 unspecified atom stereocenters. The Morgan fingerprint density at radius 3 is 2.19 bits per heavy atom. The molecule has 1 aliphatic carbocycles. The summed E-state index contributed by atoms with van der Waals surface area (Å²) in [5, 5.41) is 15.0. The van der Waals surface area contributed by atoms with E-state index in [1.54, 1.807) is 30.3 Å². The number of aliphatic carboxylic acids is 1. The van der Waals surface area contributed by atoms with Gasteiger partial charge < -0.3 is 15.7 Å². The molecule has 1 aliphatic rings. The highest BCUT2D eigenvalue weighted by Gasteiger charge is 2.33. The van der Waals surface area contributed by atoms with Gasteiger partial charge in [0.2, 0.25) is 5.91 Å². The third-order valence-electron chi connectivity index (χ3n) is 4.84. The number of carboxylic acids is 1. The molecule has 0 saturated heterocycles. The number of nitrogens with one attached hydrogen (secondary N) is 2. The molecule has 6 nitrogen and oxygen atoms in total. The van der Waals surface area contributed by atoms with Crippen LogP contribution in [0.4, 0.5) is 5.69 Å². The number of amides is 2.